The lowest BCUT2D eigenvalue weighted by atomic mass is 10.2. The van der Waals surface area contributed by atoms with Crippen molar-refractivity contribution in [1.29, 1.82) is 0 Å². The van der Waals surface area contributed by atoms with Crippen molar-refractivity contribution in [1.82, 2.24) is 14.6 Å². The van der Waals surface area contributed by atoms with Crippen LogP contribution in [0.5, 0.6) is 0 Å². The molecule has 4 aromatic rings. The first-order valence-electron chi connectivity index (χ1n) is 9.30. The molecule has 0 saturated heterocycles. The van der Waals surface area contributed by atoms with Gasteiger partial charge < -0.3 is 10.1 Å². The first kappa shape index (κ1) is 21.1. The maximum Gasteiger partial charge on any atom is 0.344 e. The highest BCUT2D eigenvalue weighted by atomic mass is 79.9. The van der Waals surface area contributed by atoms with Gasteiger partial charge in [0.1, 0.15) is 5.56 Å². The zero-order valence-corrected chi connectivity index (χ0v) is 18.8. The maximum absolute atomic E-state index is 12.4. The molecule has 0 unspecified atom stereocenters. The van der Waals surface area contributed by atoms with Gasteiger partial charge in [0.25, 0.3) is 5.91 Å². The van der Waals surface area contributed by atoms with Gasteiger partial charge in [-0.2, -0.15) is 5.10 Å². The van der Waals surface area contributed by atoms with E-state index in [1.54, 1.807) is 49.3 Å². The van der Waals surface area contributed by atoms with E-state index in [9.17, 15) is 9.59 Å². The van der Waals surface area contributed by atoms with Crippen LogP contribution in [-0.4, -0.2) is 33.1 Å². The average molecular weight is 497 g/mol. The molecular formula is C22H17BrN4O3S. The molecule has 9 heteroatoms. The van der Waals surface area contributed by atoms with E-state index in [0.717, 1.165) is 14.3 Å². The van der Waals surface area contributed by atoms with E-state index < -0.39 is 18.5 Å². The Kier molecular flexibility index (Phi) is 6.34. The van der Waals surface area contributed by atoms with E-state index in [1.165, 1.54) is 4.52 Å². The molecule has 1 amide bonds. The second-order valence-corrected chi connectivity index (χ2v) is 8.62. The Hall–Kier alpha value is -3.17. The van der Waals surface area contributed by atoms with Crippen LogP contribution in [0.3, 0.4) is 0 Å². The van der Waals surface area contributed by atoms with Gasteiger partial charge in [0, 0.05) is 32.3 Å². The molecule has 7 nitrogen and oxygen atoms in total. The third kappa shape index (κ3) is 5.12. The number of benzene rings is 2. The SMILES string of the molecule is Cc1nn2cccnc2c1C(=O)OCC(=O)Nc1ccc(Sc2ccc(Br)cc2)cc1. The standard InChI is InChI=1S/C22H17BrN4O3S/c1-14-20(21-24-11-2-12-27(21)26-14)22(29)30-13-19(28)25-16-5-9-18(10-6-16)31-17-7-3-15(23)4-8-17/h2-12H,13H2,1H3,(H,25,28). The van der Waals surface area contributed by atoms with E-state index in [2.05, 4.69) is 31.3 Å². The smallest absolute Gasteiger partial charge is 0.344 e. The Labute approximate surface area is 191 Å². The van der Waals surface area contributed by atoms with Crippen LogP contribution in [0, 0.1) is 6.92 Å². The molecule has 2 heterocycles. The van der Waals surface area contributed by atoms with Crippen molar-refractivity contribution < 1.29 is 14.3 Å². The highest BCUT2D eigenvalue weighted by molar-refractivity contribution is 9.10. The van der Waals surface area contributed by atoms with Gasteiger partial charge >= 0.3 is 5.97 Å². The quantitative estimate of drug-likeness (QED) is 0.387. The lowest BCUT2D eigenvalue weighted by molar-refractivity contribution is -0.119. The molecule has 0 atom stereocenters. The Morgan fingerprint density at radius 3 is 2.48 bits per heavy atom. The van der Waals surface area contributed by atoms with Crippen molar-refractivity contribution in [3.05, 3.63) is 82.7 Å². The molecule has 0 aliphatic heterocycles. The van der Waals surface area contributed by atoms with Gasteiger partial charge in [-0.1, -0.05) is 27.7 Å². The van der Waals surface area contributed by atoms with E-state index in [1.807, 2.05) is 36.4 Å². The van der Waals surface area contributed by atoms with Crippen LogP contribution in [0.2, 0.25) is 0 Å². The number of nitrogens with zero attached hydrogens (tertiary/aromatic N) is 3. The number of halogens is 1. The maximum atomic E-state index is 12.4. The number of rotatable bonds is 6. The summed E-state index contributed by atoms with van der Waals surface area (Å²) in [6.45, 7) is 1.29. The van der Waals surface area contributed by atoms with Crippen molar-refractivity contribution in [2.45, 2.75) is 16.7 Å². The molecule has 0 fully saturated rings. The van der Waals surface area contributed by atoms with Crippen molar-refractivity contribution in [2.75, 3.05) is 11.9 Å². The summed E-state index contributed by atoms with van der Waals surface area (Å²) in [5.74, 6) is -1.06. The third-order valence-corrected chi connectivity index (χ3v) is 5.84. The molecule has 2 aromatic heterocycles. The molecule has 0 aliphatic rings. The van der Waals surface area contributed by atoms with Gasteiger partial charge in [0.05, 0.1) is 5.69 Å². The monoisotopic (exact) mass is 496 g/mol. The number of amides is 1. The summed E-state index contributed by atoms with van der Waals surface area (Å²) in [7, 11) is 0. The minimum absolute atomic E-state index is 0.253. The summed E-state index contributed by atoms with van der Waals surface area (Å²) in [4.78, 5) is 31.0. The topological polar surface area (TPSA) is 85.6 Å². The molecule has 156 valence electrons. The van der Waals surface area contributed by atoms with Crippen LogP contribution < -0.4 is 5.32 Å². The van der Waals surface area contributed by atoms with E-state index in [-0.39, 0.29) is 5.56 Å². The molecule has 0 spiro atoms. The lowest BCUT2D eigenvalue weighted by Crippen LogP contribution is -2.21. The highest BCUT2D eigenvalue weighted by Crippen LogP contribution is 2.29. The number of aryl methyl sites for hydroxylation is 1. The number of hydrogen-bond donors (Lipinski definition) is 1. The van der Waals surface area contributed by atoms with Gasteiger partial charge in [-0.15, -0.1) is 0 Å². The summed E-state index contributed by atoms with van der Waals surface area (Å²) < 4.78 is 7.70. The van der Waals surface area contributed by atoms with Crippen LogP contribution >= 0.6 is 27.7 Å². The second-order valence-electron chi connectivity index (χ2n) is 6.55. The number of nitrogens with one attached hydrogen (secondary N) is 1. The van der Waals surface area contributed by atoms with Crippen LogP contribution in [0.1, 0.15) is 16.1 Å². The first-order chi connectivity index (χ1) is 15.0. The predicted molar refractivity (Wildman–Crippen MR) is 121 cm³/mol. The molecule has 4 rings (SSSR count). The Morgan fingerprint density at radius 1 is 1.10 bits per heavy atom. The largest absolute Gasteiger partial charge is 0.452 e. The van der Waals surface area contributed by atoms with Crippen LogP contribution in [0.4, 0.5) is 5.69 Å². The third-order valence-electron chi connectivity index (χ3n) is 4.30. The van der Waals surface area contributed by atoms with Crippen molar-refractivity contribution in [2.24, 2.45) is 0 Å². The molecular weight excluding hydrogens is 480 g/mol. The summed E-state index contributed by atoms with van der Waals surface area (Å²) in [6, 6.07) is 17.2. The number of hydrogen-bond acceptors (Lipinski definition) is 6. The number of fused-ring (bicyclic) bond motifs is 1. The summed E-state index contributed by atoms with van der Waals surface area (Å²) >= 11 is 5.04. The van der Waals surface area contributed by atoms with Gasteiger partial charge in [0.2, 0.25) is 0 Å². The zero-order chi connectivity index (χ0) is 21.8. The predicted octanol–water partition coefficient (Wildman–Crippen LogP) is 4.75. The van der Waals surface area contributed by atoms with E-state index in [0.29, 0.717) is 17.0 Å². The fraction of sp³-hybridized carbons (Fsp3) is 0.0909. The number of anilines is 1. The molecule has 0 bridgehead atoms. The van der Waals surface area contributed by atoms with Crippen LogP contribution in [0.15, 0.2) is 81.3 Å². The Morgan fingerprint density at radius 2 is 1.77 bits per heavy atom. The van der Waals surface area contributed by atoms with Crippen LogP contribution in [0.25, 0.3) is 5.65 Å². The minimum Gasteiger partial charge on any atom is -0.452 e. The zero-order valence-electron chi connectivity index (χ0n) is 16.4. The van der Waals surface area contributed by atoms with Gasteiger partial charge in [0.15, 0.2) is 12.3 Å². The van der Waals surface area contributed by atoms with E-state index >= 15 is 0 Å². The minimum atomic E-state index is -0.636. The van der Waals surface area contributed by atoms with Crippen molar-refractivity contribution >= 4 is 50.9 Å². The molecule has 1 N–H and O–H groups in total. The molecule has 0 radical (unpaired) electrons. The Bertz CT molecular complexity index is 1240. The number of carbonyl (C=O) groups excluding carboxylic acids is 2. The summed E-state index contributed by atoms with van der Waals surface area (Å²) in [5.41, 5.74) is 1.75. The average Bonchev–Trinajstić information content (AvgIpc) is 3.11. The molecule has 2 aromatic carbocycles. The van der Waals surface area contributed by atoms with Crippen molar-refractivity contribution in [3.8, 4) is 0 Å². The van der Waals surface area contributed by atoms with E-state index in [4.69, 9.17) is 4.74 Å². The number of carbonyl (C=O) groups is 2. The summed E-state index contributed by atoms with van der Waals surface area (Å²) in [5, 5.41) is 6.94. The lowest BCUT2D eigenvalue weighted by Gasteiger charge is -2.08. The fourth-order valence-corrected chi connectivity index (χ4v) is 3.96. The molecule has 0 saturated carbocycles. The number of esters is 1. The molecule has 31 heavy (non-hydrogen) atoms. The summed E-state index contributed by atoms with van der Waals surface area (Å²) in [6.07, 6.45) is 3.26. The molecule has 0 aliphatic carbocycles. The first-order valence-corrected chi connectivity index (χ1v) is 10.9. The van der Waals surface area contributed by atoms with Crippen LogP contribution in [-0.2, 0) is 9.53 Å². The van der Waals surface area contributed by atoms with Gasteiger partial charge in [-0.05, 0) is 61.5 Å². The number of ether oxygens (including phenoxy) is 1. The van der Waals surface area contributed by atoms with Crippen molar-refractivity contribution in [3.63, 3.8) is 0 Å². The number of aromatic nitrogens is 3. The van der Waals surface area contributed by atoms with Gasteiger partial charge in [-0.25, -0.2) is 14.3 Å². The fourth-order valence-electron chi connectivity index (χ4n) is 2.88. The normalized spacial score (nSPS) is 10.8. The highest BCUT2D eigenvalue weighted by Gasteiger charge is 2.20. The van der Waals surface area contributed by atoms with Gasteiger partial charge in [-0.3, -0.25) is 4.79 Å². The second kappa shape index (κ2) is 9.32. The Balaban J connectivity index is 1.32.